The van der Waals surface area contributed by atoms with Crippen molar-refractivity contribution in [2.75, 3.05) is 0 Å². The third kappa shape index (κ3) is 10.7. The van der Waals surface area contributed by atoms with E-state index in [1.807, 2.05) is 26.0 Å². The number of aromatic nitrogens is 1. The summed E-state index contributed by atoms with van der Waals surface area (Å²) in [5.41, 5.74) is 18.6. The van der Waals surface area contributed by atoms with Crippen molar-refractivity contribution in [2.45, 2.75) is 78.6 Å². The third-order valence-corrected chi connectivity index (χ3v) is 15.3. The van der Waals surface area contributed by atoms with E-state index in [1.165, 1.54) is 35.4 Å². The van der Waals surface area contributed by atoms with Crippen molar-refractivity contribution in [3.63, 3.8) is 0 Å². The van der Waals surface area contributed by atoms with E-state index < -0.39 is 23.5 Å². The first-order valence-electron chi connectivity index (χ1n) is 26.6. The maximum absolute atomic E-state index is 13.8. The molecule has 0 aliphatic heterocycles. The maximum Gasteiger partial charge on any atom is 0.416 e. The molecule has 0 unspecified atom stereocenters. The van der Waals surface area contributed by atoms with Crippen LogP contribution in [0.5, 0.6) is 0 Å². The Kier molecular flexibility index (Phi) is 13.2. The normalized spacial score (nSPS) is 12.4. The number of halogens is 6. The highest BCUT2D eigenvalue weighted by Gasteiger charge is 2.31. The minimum absolute atomic E-state index is 0.114. The molecule has 0 amide bonds. The number of aryl methyl sites for hydroxylation is 2. The van der Waals surface area contributed by atoms with E-state index in [0.29, 0.717) is 11.1 Å². The van der Waals surface area contributed by atoms with Crippen molar-refractivity contribution >= 4 is 21.8 Å². The summed E-state index contributed by atoms with van der Waals surface area (Å²) in [7, 11) is 0. The smallest absolute Gasteiger partial charge is 0.309 e. The van der Waals surface area contributed by atoms with Crippen LogP contribution < -0.4 is 0 Å². The van der Waals surface area contributed by atoms with Gasteiger partial charge in [-0.1, -0.05) is 174 Å². The molecule has 79 heavy (non-hydrogen) atoms. The van der Waals surface area contributed by atoms with Crippen LogP contribution in [0.3, 0.4) is 0 Å². The first kappa shape index (κ1) is 52.6. The van der Waals surface area contributed by atoms with Gasteiger partial charge in [-0.25, -0.2) is 0 Å². The van der Waals surface area contributed by atoms with Crippen LogP contribution in [0.1, 0.15) is 74.9 Å². The zero-order valence-corrected chi connectivity index (χ0v) is 45.4. The summed E-state index contributed by atoms with van der Waals surface area (Å²) < 4.78 is 85.3. The standard InChI is InChI=1S/C72H59F6N/c1-44-13-17-46(18-14-44)52-33-54(48-21-27-59(28-22-48)71(73,74)75)37-56(35-52)50-25-31-67-64(41-50)65-42-51(57-36-53(47-19-15-45(2)16-20-47)34-55(38-57)49-23-29-60(30-24-49)72(76,77)78)26-32-68(65)79(67)66-12-10-9-11-63(66)58-39-61(69(3,4)5)43-62(40-58)70(6,7)8/h9-43H,1-8H3. The Morgan fingerprint density at radius 3 is 0.937 bits per heavy atom. The number of rotatable bonds is 8. The van der Waals surface area contributed by atoms with Crippen LogP contribution in [-0.4, -0.2) is 4.57 Å². The van der Waals surface area contributed by atoms with Gasteiger partial charge >= 0.3 is 12.4 Å². The van der Waals surface area contributed by atoms with E-state index in [-0.39, 0.29) is 10.8 Å². The summed E-state index contributed by atoms with van der Waals surface area (Å²) >= 11 is 0. The maximum atomic E-state index is 13.8. The van der Waals surface area contributed by atoms with Gasteiger partial charge in [-0.15, -0.1) is 0 Å². The van der Waals surface area contributed by atoms with Crippen LogP contribution in [0.25, 0.3) is 105 Å². The molecule has 0 bridgehead atoms. The molecule has 1 aromatic heterocycles. The van der Waals surface area contributed by atoms with E-state index >= 15 is 0 Å². The van der Waals surface area contributed by atoms with E-state index in [0.717, 1.165) is 130 Å². The van der Waals surface area contributed by atoms with Gasteiger partial charge in [0, 0.05) is 16.3 Å². The van der Waals surface area contributed by atoms with Gasteiger partial charge in [0.05, 0.1) is 27.8 Å². The molecule has 1 nitrogen and oxygen atoms in total. The van der Waals surface area contributed by atoms with Gasteiger partial charge in [0.1, 0.15) is 0 Å². The third-order valence-electron chi connectivity index (χ3n) is 15.3. The zero-order valence-electron chi connectivity index (χ0n) is 45.4. The second kappa shape index (κ2) is 19.8. The molecule has 7 heteroatoms. The van der Waals surface area contributed by atoms with Gasteiger partial charge in [0.25, 0.3) is 0 Å². The van der Waals surface area contributed by atoms with Gasteiger partial charge in [-0.05, 0) is 199 Å². The molecule has 0 fully saturated rings. The largest absolute Gasteiger partial charge is 0.416 e. The molecule has 0 aliphatic carbocycles. The highest BCUT2D eigenvalue weighted by atomic mass is 19.4. The van der Waals surface area contributed by atoms with Crippen molar-refractivity contribution in [3.8, 4) is 83.6 Å². The number of fused-ring (bicyclic) bond motifs is 3. The summed E-state index contributed by atoms with van der Waals surface area (Å²) in [5, 5.41) is 1.97. The first-order valence-corrected chi connectivity index (χ1v) is 26.6. The highest BCUT2D eigenvalue weighted by Crippen LogP contribution is 2.44. The number of alkyl halides is 6. The molecule has 0 spiro atoms. The average molecular weight is 1050 g/mol. The summed E-state index contributed by atoms with van der Waals surface area (Å²) in [6.07, 6.45) is -8.93. The van der Waals surface area contributed by atoms with Crippen LogP contribution in [0.4, 0.5) is 26.3 Å². The molecule has 11 aromatic rings. The van der Waals surface area contributed by atoms with E-state index in [2.05, 4.69) is 198 Å². The Balaban J connectivity index is 1.16. The summed E-state index contributed by atoms with van der Waals surface area (Å²) in [6.45, 7) is 17.6. The predicted molar refractivity (Wildman–Crippen MR) is 316 cm³/mol. The van der Waals surface area contributed by atoms with Crippen molar-refractivity contribution in [2.24, 2.45) is 0 Å². The molecular weight excluding hydrogens is 993 g/mol. The second-order valence-electron chi connectivity index (χ2n) is 23.1. The predicted octanol–water partition coefficient (Wildman–Crippen LogP) is 21.7. The van der Waals surface area contributed by atoms with Gasteiger partial charge < -0.3 is 4.57 Å². The van der Waals surface area contributed by atoms with Crippen molar-refractivity contribution in [3.05, 3.63) is 246 Å². The summed E-state index contributed by atoms with van der Waals surface area (Å²) in [4.78, 5) is 0. The lowest BCUT2D eigenvalue weighted by Gasteiger charge is -2.27. The van der Waals surface area contributed by atoms with Crippen LogP contribution in [0.2, 0.25) is 0 Å². The van der Waals surface area contributed by atoms with Crippen LogP contribution in [0, 0.1) is 13.8 Å². The lowest BCUT2D eigenvalue weighted by molar-refractivity contribution is -0.138. The van der Waals surface area contributed by atoms with E-state index in [9.17, 15) is 26.3 Å². The lowest BCUT2D eigenvalue weighted by Crippen LogP contribution is -2.16. The fourth-order valence-corrected chi connectivity index (χ4v) is 10.7. The van der Waals surface area contributed by atoms with Gasteiger partial charge in [0.15, 0.2) is 0 Å². The molecule has 11 rings (SSSR count). The minimum Gasteiger partial charge on any atom is -0.309 e. The SMILES string of the molecule is Cc1ccc(-c2cc(-c3ccc(C(F)(F)F)cc3)cc(-c3ccc4c(c3)c3cc(-c5cc(-c6ccc(C)cc6)cc(-c6ccc(C(F)(F)F)cc6)c5)ccc3n4-c3ccccc3-c3cc(C(C)(C)C)cc(C(C)(C)C)c3)c2)cc1. The molecule has 0 radical (unpaired) electrons. The number of benzene rings is 10. The molecule has 0 aliphatic rings. The fourth-order valence-electron chi connectivity index (χ4n) is 10.7. The number of hydrogen-bond acceptors (Lipinski definition) is 0. The Bertz CT molecular complexity index is 3840. The number of nitrogens with zero attached hydrogens (tertiary/aromatic N) is 1. The van der Waals surface area contributed by atoms with E-state index in [4.69, 9.17) is 0 Å². The highest BCUT2D eigenvalue weighted by molar-refractivity contribution is 6.12. The second-order valence-corrected chi connectivity index (χ2v) is 23.1. The van der Waals surface area contributed by atoms with Crippen molar-refractivity contribution < 1.29 is 26.3 Å². The monoisotopic (exact) mass is 1050 g/mol. The average Bonchev–Trinajstić information content (AvgIpc) is 4.04. The molecule has 0 N–H and O–H groups in total. The quantitative estimate of drug-likeness (QED) is 0.134. The molecule has 0 atom stereocenters. The van der Waals surface area contributed by atoms with Gasteiger partial charge in [0.2, 0.25) is 0 Å². The summed E-state index contributed by atoms with van der Waals surface area (Å²) in [5.74, 6) is 0. The van der Waals surface area contributed by atoms with E-state index in [1.54, 1.807) is 0 Å². The zero-order chi connectivity index (χ0) is 55.8. The lowest BCUT2D eigenvalue weighted by atomic mass is 9.79. The first-order chi connectivity index (χ1) is 37.4. The molecule has 1 heterocycles. The molecular formula is C72H59F6N. The van der Waals surface area contributed by atoms with Gasteiger partial charge in [-0.2, -0.15) is 26.3 Å². The molecule has 394 valence electrons. The fraction of sp³-hybridized carbons (Fsp3) is 0.167. The van der Waals surface area contributed by atoms with Crippen molar-refractivity contribution in [1.29, 1.82) is 0 Å². The van der Waals surface area contributed by atoms with Crippen LogP contribution in [-0.2, 0) is 23.2 Å². The number of para-hydroxylation sites is 1. The number of hydrogen-bond donors (Lipinski definition) is 0. The Hall–Kier alpha value is -8.42. The minimum atomic E-state index is -4.47. The van der Waals surface area contributed by atoms with Gasteiger partial charge in [-0.3, -0.25) is 0 Å². The Morgan fingerprint density at radius 1 is 0.278 bits per heavy atom. The Labute approximate surface area is 458 Å². The van der Waals surface area contributed by atoms with Crippen LogP contribution in [0.15, 0.2) is 212 Å². The van der Waals surface area contributed by atoms with Crippen LogP contribution >= 0.6 is 0 Å². The summed E-state index contributed by atoms with van der Waals surface area (Å²) in [6, 6.07) is 68.2. The Morgan fingerprint density at radius 2 is 0.595 bits per heavy atom. The molecule has 0 saturated carbocycles. The molecule has 10 aromatic carbocycles. The molecule has 0 saturated heterocycles. The topological polar surface area (TPSA) is 4.93 Å². The van der Waals surface area contributed by atoms with Crippen molar-refractivity contribution in [1.82, 2.24) is 4.57 Å².